The molecule has 1 atom stereocenters. The second-order valence-corrected chi connectivity index (χ2v) is 10.4. The smallest absolute Gasteiger partial charge is 0.299 e. The molecule has 0 aliphatic heterocycles. The molecule has 0 heterocycles. The van der Waals surface area contributed by atoms with E-state index < -0.39 is 57.3 Å². The second kappa shape index (κ2) is 10.2. The molecule has 1 aliphatic carbocycles. The summed E-state index contributed by atoms with van der Waals surface area (Å²) in [5.41, 5.74) is -2.14. The first-order valence-corrected chi connectivity index (χ1v) is 12.4. The molecule has 0 spiro atoms. The van der Waals surface area contributed by atoms with Crippen molar-refractivity contribution in [3.8, 4) is 5.75 Å². The Balaban J connectivity index is 1.92. The molecule has 2 aromatic carbocycles. The van der Waals surface area contributed by atoms with E-state index in [9.17, 15) is 26.7 Å². The quantitative estimate of drug-likeness (QED) is 0.252. The van der Waals surface area contributed by atoms with E-state index >= 15 is 0 Å². The van der Waals surface area contributed by atoms with Crippen LogP contribution < -0.4 is 19.5 Å². The van der Waals surface area contributed by atoms with Gasteiger partial charge in [0, 0.05) is 15.2 Å². The Morgan fingerprint density at radius 2 is 1.88 bits per heavy atom. The highest BCUT2D eigenvalue weighted by atomic mass is 127. The lowest BCUT2D eigenvalue weighted by molar-refractivity contribution is 0.0838. The molecule has 182 valence electrons. The first kappa shape index (κ1) is 25.8. The van der Waals surface area contributed by atoms with Gasteiger partial charge in [-0.05, 0) is 66.5 Å². The number of methoxy groups -OCH3 is 1. The largest absolute Gasteiger partial charge is 0.494 e. The average molecular weight is 601 g/mol. The van der Waals surface area contributed by atoms with Gasteiger partial charge < -0.3 is 20.3 Å². The molecule has 1 saturated carbocycles. The Kier molecular flexibility index (Phi) is 7.99. The number of nitrogens with one attached hydrogen (secondary N) is 3. The SMILES string of the molecule is COc1cc(F)c(F)c(Nc2ccc(I)cc2F)c1NS(=O)(=O)NC1(CCC(O)CO)CC1. The number of aliphatic hydroxyl groups excluding tert-OH is 2. The van der Waals surface area contributed by atoms with E-state index in [0.29, 0.717) is 22.5 Å². The molecule has 8 nitrogen and oxygen atoms in total. The summed E-state index contributed by atoms with van der Waals surface area (Å²) in [6.07, 6.45) is 0.460. The third-order valence-electron chi connectivity index (χ3n) is 5.20. The monoisotopic (exact) mass is 601 g/mol. The second-order valence-electron chi connectivity index (χ2n) is 7.74. The summed E-state index contributed by atoms with van der Waals surface area (Å²) in [6, 6.07) is 4.67. The molecule has 0 radical (unpaired) electrons. The molecule has 2 aromatic rings. The third-order valence-corrected chi connectivity index (χ3v) is 7.05. The van der Waals surface area contributed by atoms with Gasteiger partial charge in [-0.2, -0.15) is 13.1 Å². The van der Waals surface area contributed by atoms with Crippen molar-refractivity contribution in [1.82, 2.24) is 4.72 Å². The van der Waals surface area contributed by atoms with Gasteiger partial charge in [0.1, 0.15) is 22.9 Å². The van der Waals surface area contributed by atoms with Crippen molar-refractivity contribution in [2.24, 2.45) is 0 Å². The number of benzene rings is 2. The number of ether oxygens (including phenoxy) is 1. The maximum Gasteiger partial charge on any atom is 0.299 e. The fourth-order valence-corrected chi connectivity index (χ4v) is 5.09. The summed E-state index contributed by atoms with van der Waals surface area (Å²) >= 11 is 1.88. The van der Waals surface area contributed by atoms with Gasteiger partial charge in [0.2, 0.25) is 0 Å². The maximum absolute atomic E-state index is 14.7. The van der Waals surface area contributed by atoms with Crippen molar-refractivity contribution in [1.29, 1.82) is 0 Å². The van der Waals surface area contributed by atoms with E-state index in [1.165, 1.54) is 18.2 Å². The molecule has 0 aromatic heterocycles. The molecule has 0 bridgehead atoms. The van der Waals surface area contributed by atoms with Crippen LogP contribution in [0.1, 0.15) is 25.7 Å². The summed E-state index contributed by atoms with van der Waals surface area (Å²) in [5, 5.41) is 20.9. The summed E-state index contributed by atoms with van der Waals surface area (Å²) in [6.45, 7) is -0.447. The van der Waals surface area contributed by atoms with Crippen LogP contribution in [0.5, 0.6) is 5.75 Å². The highest BCUT2D eigenvalue weighted by Crippen LogP contribution is 2.43. The number of halogens is 4. The van der Waals surface area contributed by atoms with Crippen molar-refractivity contribution in [3.05, 3.63) is 45.3 Å². The topological polar surface area (TPSA) is 120 Å². The zero-order valence-corrected chi connectivity index (χ0v) is 20.4. The van der Waals surface area contributed by atoms with Gasteiger partial charge in [-0.15, -0.1) is 0 Å². The first-order chi connectivity index (χ1) is 15.5. The van der Waals surface area contributed by atoms with Crippen LogP contribution in [-0.2, 0) is 10.2 Å². The van der Waals surface area contributed by atoms with Crippen LogP contribution >= 0.6 is 22.6 Å². The number of rotatable bonds is 11. The number of aliphatic hydroxyl groups is 2. The summed E-state index contributed by atoms with van der Waals surface area (Å²) in [4.78, 5) is 0. The highest BCUT2D eigenvalue weighted by Gasteiger charge is 2.45. The van der Waals surface area contributed by atoms with Gasteiger partial charge in [-0.25, -0.2) is 13.2 Å². The van der Waals surface area contributed by atoms with Crippen LogP contribution in [-0.4, -0.2) is 44.0 Å². The van der Waals surface area contributed by atoms with Crippen molar-refractivity contribution in [3.63, 3.8) is 0 Å². The molecule has 13 heteroatoms. The molecule has 1 unspecified atom stereocenters. The highest BCUT2D eigenvalue weighted by molar-refractivity contribution is 14.1. The lowest BCUT2D eigenvalue weighted by Crippen LogP contribution is -2.41. The molecule has 1 fully saturated rings. The zero-order chi connectivity index (χ0) is 24.4. The van der Waals surface area contributed by atoms with E-state index in [1.807, 2.05) is 22.6 Å². The van der Waals surface area contributed by atoms with E-state index in [2.05, 4.69) is 14.8 Å². The molecular weight excluding hydrogens is 578 g/mol. The summed E-state index contributed by atoms with van der Waals surface area (Å²) in [5.74, 6) is -3.84. The number of hydrogen-bond donors (Lipinski definition) is 5. The van der Waals surface area contributed by atoms with Gasteiger partial charge in [0.15, 0.2) is 11.6 Å². The number of hydrogen-bond acceptors (Lipinski definition) is 6. The third kappa shape index (κ3) is 6.41. The van der Waals surface area contributed by atoms with E-state index in [1.54, 1.807) is 0 Å². The van der Waals surface area contributed by atoms with E-state index in [0.717, 1.165) is 7.11 Å². The van der Waals surface area contributed by atoms with Crippen LogP contribution in [0, 0.1) is 21.0 Å². The lowest BCUT2D eigenvalue weighted by Gasteiger charge is -2.22. The lowest BCUT2D eigenvalue weighted by atomic mass is 10.1. The summed E-state index contributed by atoms with van der Waals surface area (Å²) in [7, 11) is -3.18. The molecule has 0 saturated heterocycles. The van der Waals surface area contributed by atoms with Gasteiger partial charge >= 0.3 is 0 Å². The van der Waals surface area contributed by atoms with Crippen LogP contribution in [0.3, 0.4) is 0 Å². The predicted molar refractivity (Wildman–Crippen MR) is 125 cm³/mol. The van der Waals surface area contributed by atoms with Gasteiger partial charge in [-0.3, -0.25) is 4.72 Å². The van der Waals surface area contributed by atoms with Crippen LogP contribution in [0.4, 0.5) is 30.2 Å². The normalized spacial score (nSPS) is 15.7. The maximum atomic E-state index is 14.7. The van der Waals surface area contributed by atoms with Crippen molar-refractivity contribution in [2.75, 3.05) is 23.8 Å². The van der Waals surface area contributed by atoms with Gasteiger partial charge in [0.25, 0.3) is 10.2 Å². The molecule has 1 aliphatic rings. The van der Waals surface area contributed by atoms with Crippen molar-refractivity contribution in [2.45, 2.75) is 37.3 Å². The average Bonchev–Trinajstić information content (AvgIpc) is 3.51. The molecular formula is C20H23F3IN3O5S. The standard InChI is InChI=1S/C20H23F3IN3O5S/c1-32-16-9-14(22)17(23)19(25-15-3-2-11(24)8-13(15)21)18(16)26-33(30,31)27-20(6-7-20)5-4-12(29)10-28/h2-3,8-9,12,25-29H,4-7,10H2,1H3. The van der Waals surface area contributed by atoms with Crippen LogP contribution in [0.25, 0.3) is 0 Å². The van der Waals surface area contributed by atoms with E-state index in [4.69, 9.17) is 9.84 Å². The van der Waals surface area contributed by atoms with Gasteiger partial charge in [-0.1, -0.05) is 0 Å². The first-order valence-electron chi connectivity index (χ1n) is 9.88. The molecule has 3 rings (SSSR count). The Morgan fingerprint density at radius 3 is 2.45 bits per heavy atom. The Hall–Kier alpha value is -1.81. The van der Waals surface area contributed by atoms with Gasteiger partial charge in [0.05, 0.1) is 25.5 Å². The zero-order valence-electron chi connectivity index (χ0n) is 17.5. The summed E-state index contributed by atoms with van der Waals surface area (Å²) < 4.78 is 79.1. The predicted octanol–water partition coefficient (Wildman–Crippen LogP) is 3.37. The minimum Gasteiger partial charge on any atom is -0.494 e. The molecule has 0 amide bonds. The Bertz CT molecular complexity index is 1130. The van der Waals surface area contributed by atoms with E-state index in [-0.39, 0.29) is 24.3 Å². The van der Waals surface area contributed by atoms with Crippen LogP contribution in [0.2, 0.25) is 0 Å². The minimum absolute atomic E-state index is 0.173. The Labute approximate surface area is 202 Å². The van der Waals surface area contributed by atoms with Crippen molar-refractivity contribution >= 4 is 49.9 Å². The fourth-order valence-electron chi connectivity index (χ4n) is 3.24. The fraction of sp³-hybridized carbons (Fsp3) is 0.400. The van der Waals surface area contributed by atoms with Crippen molar-refractivity contribution < 1.29 is 36.5 Å². The molecule has 33 heavy (non-hydrogen) atoms. The molecule has 5 N–H and O–H groups in total. The van der Waals surface area contributed by atoms with Crippen LogP contribution in [0.15, 0.2) is 24.3 Å². The number of anilines is 3. The Morgan fingerprint density at radius 1 is 1.18 bits per heavy atom. The minimum atomic E-state index is -4.33.